The van der Waals surface area contributed by atoms with Gasteiger partial charge in [-0.05, 0) is 6.92 Å². The summed E-state index contributed by atoms with van der Waals surface area (Å²) in [5, 5.41) is 2.60. The number of esters is 1. The third kappa shape index (κ3) is 4.07. The Morgan fingerprint density at radius 1 is 1.43 bits per heavy atom. The van der Waals surface area contributed by atoms with Gasteiger partial charge in [-0.1, -0.05) is 0 Å². The van der Waals surface area contributed by atoms with Crippen LogP contribution in [0.3, 0.4) is 0 Å². The zero-order chi connectivity index (χ0) is 17.1. The van der Waals surface area contributed by atoms with Crippen molar-refractivity contribution in [1.29, 1.82) is 0 Å². The first kappa shape index (κ1) is 16.9. The van der Waals surface area contributed by atoms with E-state index in [2.05, 4.69) is 10.3 Å². The molecule has 3 unspecified atom stereocenters. The highest BCUT2D eigenvalue weighted by molar-refractivity contribution is 5.72. The van der Waals surface area contributed by atoms with Crippen LogP contribution < -0.4 is 16.6 Å². The number of amides is 1. The second-order valence-electron chi connectivity index (χ2n) is 5.43. The largest absolute Gasteiger partial charge is 0.460 e. The first-order valence-corrected chi connectivity index (χ1v) is 7.17. The van der Waals surface area contributed by atoms with Crippen molar-refractivity contribution in [1.82, 2.24) is 14.9 Å². The van der Waals surface area contributed by atoms with Crippen molar-refractivity contribution in [3.05, 3.63) is 32.6 Å². The van der Waals surface area contributed by atoms with Gasteiger partial charge in [-0.15, -0.1) is 0 Å². The third-order valence-corrected chi connectivity index (χ3v) is 3.51. The predicted octanol–water partition coefficient (Wildman–Crippen LogP) is -0.800. The molecule has 1 aromatic rings. The summed E-state index contributed by atoms with van der Waals surface area (Å²) in [6.07, 6.45) is -0.219. The van der Waals surface area contributed by atoms with Crippen LogP contribution in [0.4, 0.5) is 0 Å². The number of hydrogen-bond acceptors (Lipinski definition) is 6. The molecule has 23 heavy (non-hydrogen) atoms. The summed E-state index contributed by atoms with van der Waals surface area (Å²) in [6, 6.07) is 0. The van der Waals surface area contributed by atoms with Gasteiger partial charge in [0.1, 0.15) is 18.4 Å². The van der Waals surface area contributed by atoms with Crippen molar-refractivity contribution >= 4 is 11.9 Å². The first-order valence-electron chi connectivity index (χ1n) is 7.17. The molecule has 1 aliphatic heterocycles. The predicted molar refractivity (Wildman–Crippen MR) is 78.8 cm³/mol. The zero-order valence-corrected chi connectivity index (χ0v) is 13.1. The Hall–Kier alpha value is -2.42. The second-order valence-corrected chi connectivity index (χ2v) is 5.43. The van der Waals surface area contributed by atoms with Crippen LogP contribution in [0.2, 0.25) is 0 Å². The van der Waals surface area contributed by atoms with Crippen LogP contribution in [0.5, 0.6) is 0 Å². The van der Waals surface area contributed by atoms with Gasteiger partial charge < -0.3 is 14.8 Å². The number of H-pyrrole nitrogens is 1. The lowest BCUT2D eigenvalue weighted by Crippen LogP contribution is -2.38. The average molecular weight is 325 g/mol. The zero-order valence-electron chi connectivity index (χ0n) is 13.1. The van der Waals surface area contributed by atoms with Crippen LogP contribution in [-0.4, -0.2) is 40.2 Å². The van der Waals surface area contributed by atoms with E-state index in [0.29, 0.717) is 5.56 Å². The van der Waals surface area contributed by atoms with E-state index in [1.807, 2.05) is 0 Å². The fraction of sp³-hybridized carbons (Fsp3) is 0.571. The fourth-order valence-corrected chi connectivity index (χ4v) is 2.44. The van der Waals surface area contributed by atoms with Gasteiger partial charge in [-0.2, -0.15) is 0 Å². The summed E-state index contributed by atoms with van der Waals surface area (Å²) in [5.74, 6) is -0.715. The minimum atomic E-state index is -0.693. The minimum Gasteiger partial charge on any atom is -0.460 e. The molecule has 0 radical (unpaired) electrons. The van der Waals surface area contributed by atoms with E-state index in [9.17, 15) is 19.2 Å². The Bertz CT molecular complexity index is 722. The third-order valence-electron chi connectivity index (χ3n) is 3.51. The van der Waals surface area contributed by atoms with Gasteiger partial charge in [0, 0.05) is 38.6 Å². The van der Waals surface area contributed by atoms with Crippen LogP contribution >= 0.6 is 0 Å². The highest BCUT2D eigenvalue weighted by Gasteiger charge is 2.39. The van der Waals surface area contributed by atoms with Gasteiger partial charge >= 0.3 is 11.7 Å². The van der Waals surface area contributed by atoms with Crippen molar-refractivity contribution in [3.63, 3.8) is 0 Å². The molecular weight excluding hydrogens is 306 g/mol. The van der Waals surface area contributed by atoms with Crippen LogP contribution in [0, 0.1) is 6.92 Å². The van der Waals surface area contributed by atoms with Gasteiger partial charge in [0.25, 0.3) is 5.56 Å². The van der Waals surface area contributed by atoms with E-state index in [-0.39, 0.29) is 18.9 Å². The molecule has 1 fully saturated rings. The van der Waals surface area contributed by atoms with Crippen molar-refractivity contribution in [2.75, 3.05) is 6.54 Å². The van der Waals surface area contributed by atoms with E-state index >= 15 is 0 Å². The number of carbonyl (C=O) groups excluding carboxylic acids is 2. The van der Waals surface area contributed by atoms with Gasteiger partial charge in [0.2, 0.25) is 5.91 Å². The maximum atomic E-state index is 11.9. The Labute approximate surface area is 131 Å². The number of carbonyl (C=O) groups is 2. The summed E-state index contributed by atoms with van der Waals surface area (Å²) < 4.78 is 12.2. The maximum Gasteiger partial charge on any atom is 0.330 e. The van der Waals surface area contributed by atoms with Gasteiger partial charge in [0.05, 0.1) is 0 Å². The van der Waals surface area contributed by atoms with Gasteiger partial charge in [-0.25, -0.2) is 4.79 Å². The number of hydrogen-bond donors (Lipinski definition) is 2. The molecule has 9 heteroatoms. The number of nitrogens with one attached hydrogen (secondary N) is 2. The Balaban J connectivity index is 2.23. The smallest absolute Gasteiger partial charge is 0.330 e. The molecular formula is C14H19N3O6. The molecule has 0 bridgehead atoms. The number of aromatic nitrogens is 2. The van der Waals surface area contributed by atoms with Crippen molar-refractivity contribution in [2.45, 2.75) is 45.6 Å². The lowest BCUT2D eigenvalue weighted by molar-refractivity contribution is -0.149. The molecule has 1 amide bonds. The molecule has 1 aromatic heterocycles. The lowest BCUT2D eigenvalue weighted by Gasteiger charge is -2.18. The molecule has 0 aliphatic carbocycles. The quantitative estimate of drug-likeness (QED) is 0.700. The topological polar surface area (TPSA) is 119 Å². The number of ether oxygens (including phenoxy) is 2. The summed E-state index contributed by atoms with van der Waals surface area (Å²) in [7, 11) is 0. The molecule has 1 aliphatic rings. The van der Waals surface area contributed by atoms with Crippen LogP contribution in [0.1, 0.15) is 32.1 Å². The van der Waals surface area contributed by atoms with Gasteiger partial charge in [-0.3, -0.25) is 23.9 Å². The van der Waals surface area contributed by atoms with Crippen LogP contribution in [0.25, 0.3) is 0 Å². The Morgan fingerprint density at radius 3 is 2.74 bits per heavy atom. The fourth-order valence-electron chi connectivity index (χ4n) is 2.44. The summed E-state index contributed by atoms with van der Waals surface area (Å²) in [4.78, 5) is 47.8. The molecule has 2 N–H and O–H groups in total. The monoisotopic (exact) mass is 325 g/mol. The highest BCUT2D eigenvalue weighted by Crippen LogP contribution is 2.29. The van der Waals surface area contributed by atoms with E-state index in [4.69, 9.17) is 9.47 Å². The lowest BCUT2D eigenvalue weighted by atomic mass is 10.1. The molecule has 126 valence electrons. The summed E-state index contributed by atoms with van der Waals surface area (Å²) >= 11 is 0. The number of rotatable bonds is 4. The van der Waals surface area contributed by atoms with Crippen molar-refractivity contribution in [3.8, 4) is 0 Å². The molecule has 2 heterocycles. The van der Waals surface area contributed by atoms with Crippen molar-refractivity contribution in [2.24, 2.45) is 0 Å². The summed E-state index contributed by atoms with van der Waals surface area (Å²) in [5.41, 5.74) is -0.703. The first-order chi connectivity index (χ1) is 10.8. The van der Waals surface area contributed by atoms with E-state index in [0.717, 1.165) is 0 Å². The minimum absolute atomic E-state index is 0.154. The molecule has 2 rings (SSSR count). The van der Waals surface area contributed by atoms with Gasteiger partial charge in [0.15, 0.2) is 0 Å². The van der Waals surface area contributed by atoms with Crippen molar-refractivity contribution < 1.29 is 19.1 Å². The molecule has 0 spiro atoms. The summed E-state index contributed by atoms with van der Waals surface area (Å²) in [6.45, 7) is 4.37. The van der Waals surface area contributed by atoms with E-state index in [1.165, 1.54) is 24.6 Å². The molecule has 3 atom stereocenters. The molecule has 1 saturated heterocycles. The van der Waals surface area contributed by atoms with Crippen LogP contribution in [-0.2, 0) is 19.1 Å². The maximum absolute atomic E-state index is 11.9. The number of nitrogens with zero attached hydrogens (tertiary/aromatic N) is 1. The standard InChI is InChI=1S/C14H19N3O6/c1-7-6-17(14(21)16-13(7)20)12-4-10(22-9(3)19)11(23-12)5-15-8(2)18/h6,10-12H,4-5H2,1-3H3,(H,15,18)(H,16,20,21). The van der Waals surface area contributed by atoms with E-state index in [1.54, 1.807) is 6.92 Å². The van der Waals surface area contributed by atoms with E-state index < -0.39 is 35.7 Å². The average Bonchev–Trinajstić information content (AvgIpc) is 2.82. The second kappa shape index (κ2) is 6.78. The normalized spacial score (nSPS) is 23.5. The number of aryl methyl sites for hydroxylation is 1. The molecule has 0 aromatic carbocycles. The van der Waals surface area contributed by atoms with Crippen LogP contribution in [0.15, 0.2) is 15.8 Å². The molecule has 0 saturated carbocycles. The SMILES string of the molecule is CC(=O)NCC1OC(n2cc(C)c(=O)[nH]c2=O)CC1OC(C)=O. The molecule has 9 nitrogen and oxygen atoms in total. The highest BCUT2D eigenvalue weighted by atomic mass is 16.6. The Kier molecular flexibility index (Phi) is 4.99. The Morgan fingerprint density at radius 2 is 2.13 bits per heavy atom. The number of aromatic amines is 1.